The maximum Gasteiger partial charge on any atom is 0.274 e. The Balaban J connectivity index is 1.65. The number of hydrogen-bond acceptors (Lipinski definition) is 7. The van der Waals surface area contributed by atoms with E-state index in [1.165, 1.54) is 16.8 Å². The number of nitro benzene ring substituents is 1. The van der Waals surface area contributed by atoms with Gasteiger partial charge in [-0.2, -0.15) is 5.10 Å². The molecule has 0 radical (unpaired) electrons. The van der Waals surface area contributed by atoms with Gasteiger partial charge in [0.2, 0.25) is 15.9 Å². The van der Waals surface area contributed by atoms with Crippen molar-refractivity contribution in [2.75, 3.05) is 13.1 Å². The minimum absolute atomic E-state index is 0.0862. The number of hydrogen-bond donors (Lipinski definition) is 1. The Morgan fingerprint density at radius 2 is 1.97 bits per heavy atom. The van der Waals surface area contributed by atoms with E-state index in [9.17, 15) is 23.3 Å². The molecule has 1 aromatic heterocycles. The van der Waals surface area contributed by atoms with E-state index in [0.29, 0.717) is 25.9 Å². The summed E-state index contributed by atoms with van der Waals surface area (Å²) >= 11 is 0. The molecule has 2 aromatic rings. The Morgan fingerprint density at radius 3 is 2.60 bits per heavy atom. The number of nitro groups is 1. The minimum Gasteiger partial charge on any atom is -0.438 e. The van der Waals surface area contributed by atoms with Gasteiger partial charge in [0.25, 0.3) is 11.6 Å². The number of ether oxygens (including phenoxy) is 1. The summed E-state index contributed by atoms with van der Waals surface area (Å²) in [7, 11) is -2.46. The molecule has 1 N–H and O–H groups in total. The van der Waals surface area contributed by atoms with Gasteiger partial charge in [0.05, 0.1) is 4.92 Å². The van der Waals surface area contributed by atoms with Crippen LogP contribution in [0.2, 0.25) is 0 Å². The molecule has 12 heteroatoms. The van der Waals surface area contributed by atoms with Crippen molar-refractivity contribution < 1.29 is 22.9 Å². The van der Waals surface area contributed by atoms with E-state index in [-0.39, 0.29) is 39.9 Å². The maximum absolute atomic E-state index is 12.7. The number of nitrogens with zero attached hydrogens (tertiary/aromatic N) is 4. The molecule has 1 aliphatic carbocycles. The fraction of sp³-hybridized carbons (Fsp3) is 0.444. The van der Waals surface area contributed by atoms with Gasteiger partial charge in [0, 0.05) is 44.4 Å². The highest BCUT2D eigenvalue weighted by Crippen LogP contribution is 2.33. The number of benzene rings is 1. The summed E-state index contributed by atoms with van der Waals surface area (Å²) in [6.45, 7) is 1.34. The number of sulfonamides is 1. The highest BCUT2D eigenvalue weighted by atomic mass is 32.2. The highest BCUT2D eigenvalue weighted by Gasteiger charge is 2.32. The number of non-ortho nitro benzene ring substituents is 1. The molecule has 1 saturated carbocycles. The number of carbonyl (C=O) groups excluding carboxylic acids is 1. The zero-order chi connectivity index (χ0) is 21.5. The summed E-state index contributed by atoms with van der Waals surface area (Å²) < 4.78 is 35.1. The molecule has 11 nitrogen and oxygen atoms in total. The van der Waals surface area contributed by atoms with Gasteiger partial charge in [-0.15, -0.1) is 0 Å². The fourth-order valence-corrected chi connectivity index (χ4v) is 4.69. The first kappa shape index (κ1) is 20.3. The summed E-state index contributed by atoms with van der Waals surface area (Å²) in [5, 5.41) is 15.3. The number of amides is 1. The molecule has 1 saturated heterocycles. The standard InChI is InChI=1S/C18H21N5O6S/c1-21-17(11-14(19-21)18(24)22-8-2-3-9-22)29-15-7-6-13(23(25)26)10-16(15)30(27,28)20-12-4-5-12/h6-7,10-12,20H,2-5,8-9H2,1H3. The minimum atomic E-state index is -4.02. The summed E-state index contributed by atoms with van der Waals surface area (Å²) in [6.07, 6.45) is 3.32. The monoisotopic (exact) mass is 435 g/mol. The van der Waals surface area contributed by atoms with Gasteiger partial charge < -0.3 is 9.64 Å². The normalized spacial score (nSPS) is 16.6. The van der Waals surface area contributed by atoms with Crippen molar-refractivity contribution >= 4 is 21.6 Å². The molecule has 1 aliphatic heterocycles. The Bertz CT molecular complexity index is 1100. The number of likely N-dealkylation sites (tertiary alicyclic amines) is 1. The van der Waals surface area contributed by atoms with Gasteiger partial charge in [0.15, 0.2) is 5.69 Å². The van der Waals surface area contributed by atoms with Crippen LogP contribution in [0.25, 0.3) is 0 Å². The summed E-state index contributed by atoms with van der Waals surface area (Å²) in [5.41, 5.74) is -0.176. The molecule has 1 aromatic carbocycles. The Hall–Kier alpha value is -2.99. The number of nitrogens with one attached hydrogen (secondary N) is 1. The first-order valence-corrected chi connectivity index (χ1v) is 11.0. The number of aryl methyl sites for hydroxylation is 1. The molecule has 30 heavy (non-hydrogen) atoms. The molecule has 0 unspecified atom stereocenters. The lowest BCUT2D eigenvalue weighted by Crippen LogP contribution is -2.28. The van der Waals surface area contributed by atoms with Crippen LogP contribution >= 0.6 is 0 Å². The molecular formula is C18H21N5O6S. The van der Waals surface area contributed by atoms with Crippen LogP contribution in [-0.4, -0.2) is 53.1 Å². The summed E-state index contributed by atoms with van der Waals surface area (Å²) in [4.78, 5) is 24.4. The van der Waals surface area contributed by atoms with Crippen LogP contribution in [0.15, 0.2) is 29.2 Å². The van der Waals surface area contributed by atoms with Crippen molar-refractivity contribution in [2.24, 2.45) is 7.05 Å². The highest BCUT2D eigenvalue weighted by molar-refractivity contribution is 7.89. The molecule has 4 rings (SSSR count). The molecule has 0 atom stereocenters. The Morgan fingerprint density at radius 1 is 1.27 bits per heavy atom. The van der Waals surface area contributed by atoms with Gasteiger partial charge >= 0.3 is 0 Å². The smallest absolute Gasteiger partial charge is 0.274 e. The van der Waals surface area contributed by atoms with Crippen molar-refractivity contribution in [3.63, 3.8) is 0 Å². The van der Waals surface area contributed by atoms with Gasteiger partial charge in [-0.1, -0.05) is 0 Å². The van der Waals surface area contributed by atoms with E-state index in [0.717, 1.165) is 25.0 Å². The third kappa shape index (κ3) is 4.14. The molecular weight excluding hydrogens is 414 g/mol. The molecule has 0 bridgehead atoms. The fourth-order valence-electron chi connectivity index (χ4n) is 3.23. The Labute approximate surface area is 172 Å². The molecule has 2 fully saturated rings. The zero-order valence-electron chi connectivity index (χ0n) is 16.3. The van der Waals surface area contributed by atoms with Crippen LogP contribution in [0.5, 0.6) is 11.6 Å². The maximum atomic E-state index is 12.7. The predicted octanol–water partition coefficient (Wildman–Crippen LogP) is 1.80. The van der Waals surface area contributed by atoms with E-state index >= 15 is 0 Å². The Kier molecular flexibility index (Phi) is 5.20. The van der Waals surface area contributed by atoms with Crippen LogP contribution in [-0.2, 0) is 17.1 Å². The van der Waals surface area contributed by atoms with E-state index in [4.69, 9.17) is 4.74 Å². The van der Waals surface area contributed by atoms with Crippen molar-refractivity contribution in [3.05, 3.63) is 40.1 Å². The van der Waals surface area contributed by atoms with Crippen molar-refractivity contribution in [1.29, 1.82) is 0 Å². The SMILES string of the molecule is Cn1nc(C(=O)N2CCCC2)cc1Oc1ccc([N+](=O)[O-])cc1S(=O)(=O)NC1CC1. The lowest BCUT2D eigenvalue weighted by molar-refractivity contribution is -0.385. The van der Waals surface area contributed by atoms with Gasteiger partial charge in [-0.25, -0.2) is 17.8 Å². The van der Waals surface area contributed by atoms with Gasteiger partial charge in [0.1, 0.15) is 10.6 Å². The third-order valence-electron chi connectivity index (χ3n) is 4.99. The third-order valence-corrected chi connectivity index (χ3v) is 6.53. The topological polar surface area (TPSA) is 137 Å². The van der Waals surface area contributed by atoms with Crippen molar-refractivity contribution in [2.45, 2.75) is 36.6 Å². The van der Waals surface area contributed by atoms with Crippen LogP contribution in [0.1, 0.15) is 36.2 Å². The molecule has 1 amide bonds. The van der Waals surface area contributed by atoms with Crippen LogP contribution in [0.4, 0.5) is 5.69 Å². The average Bonchev–Trinajstić information content (AvgIpc) is 3.18. The summed E-state index contributed by atoms with van der Waals surface area (Å²) in [6, 6.07) is 4.62. The largest absolute Gasteiger partial charge is 0.438 e. The second-order valence-corrected chi connectivity index (χ2v) is 9.06. The number of carbonyl (C=O) groups is 1. The number of rotatable bonds is 7. The average molecular weight is 435 g/mol. The van der Waals surface area contributed by atoms with Crippen LogP contribution in [0.3, 0.4) is 0 Å². The van der Waals surface area contributed by atoms with E-state index in [2.05, 4.69) is 9.82 Å². The molecule has 2 heterocycles. The van der Waals surface area contributed by atoms with E-state index < -0.39 is 14.9 Å². The van der Waals surface area contributed by atoms with E-state index in [1.807, 2.05) is 0 Å². The lowest BCUT2D eigenvalue weighted by Gasteiger charge is -2.12. The quantitative estimate of drug-likeness (QED) is 0.517. The predicted molar refractivity (Wildman–Crippen MR) is 105 cm³/mol. The van der Waals surface area contributed by atoms with Crippen molar-refractivity contribution in [3.8, 4) is 11.6 Å². The van der Waals surface area contributed by atoms with Crippen molar-refractivity contribution in [1.82, 2.24) is 19.4 Å². The second kappa shape index (κ2) is 7.69. The first-order valence-electron chi connectivity index (χ1n) is 9.56. The van der Waals surface area contributed by atoms with Crippen LogP contribution < -0.4 is 9.46 Å². The molecule has 160 valence electrons. The number of aromatic nitrogens is 2. The lowest BCUT2D eigenvalue weighted by atomic mass is 10.3. The summed E-state index contributed by atoms with van der Waals surface area (Å²) in [5.74, 6) is -0.156. The first-order chi connectivity index (χ1) is 14.2. The second-order valence-electron chi connectivity index (χ2n) is 7.38. The molecule has 2 aliphatic rings. The molecule has 0 spiro atoms. The van der Waals surface area contributed by atoms with Gasteiger partial charge in [-0.05, 0) is 31.7 Å². The van der Waals surface area contributed by atoms with E-state index in [1.54, 1.807) is 11.9 Å². The van der Waals surface area contributed by atoms with Crippen LogP contribution in [0, 0.1) is 10.1 Å². The van der Waals surface area contributed by atoms with Gasteiger partial charge in [-0.3, -0.25) is 14.9 Å². The zero-order valence-corrected chi connectivity index (χ0v) is 17.1.